The van der Waals surface area contributed by atoms with Gasteiger partial charge < -0.3 is 9.64 Å². The first-order valence-electron chi connectivity index (χ1n) is 8.08. The highest BCUT2D eigenvalue weighted by molar-refractivity contribution is 6.45. The minimum absolute atomic E-state index is 0.117. The van der Waals surface area contributed by atoms with Gasteiger partial charge in [-0.25, -0.2) is 9.98 Å². The number of allylic oxidation sites excluding steroid dienone is 2. The van der Waals surface area contributed by atoms with Crippen molar-refractivity contribution < 1.29 is 9.53 Å². The molecule has 1 heterocycles. The first kappa shape index (κ1) is 16.5. The molecular weight excluding hydrogens is 350 g/mol. The van der Waals surface area contributed by atoms with Crippen LogP contribution in [0.1, 0.15) is 21.5 Å². The standard InChI is InChI=1S/C20H16ClN3O2/c1-24(2)20-22-17-12-6-4-5-7-13(12)19(25)16(18(17)23-20)14-10-11(26-3)8-9-15(14)21/h4-10H,1-3H3. The van der Waals surface area contributed by atoms with Gasteiger partial charge in [0.15, 0.2) is 5.78 Å². The van der Waals surface area contributed by atoms with Crippen molar-refractivity contribution in [1.29, 1.82) is 0 Å². The van der Waals surface area contributed by atoms with Gasteiger partial charge >= 0.3 is 0 Å². The second kappa shape index (κ2) is 6.11. The highest BCUT2D eigenvalue weighted by Gasteiger charge is 2.35. The molecule has 0 amide bonds. The number of guanidine groups is 1. The lowest BCUT2D eigenvalue weighted by Crippen LogP contribution is -2.20. The number of carbonyl (C=O) groups is 1. The van der Waals surface area contributed by atoms with E-state index < -0.39 is 0 Å². The molecule has 0 saturated carbocycles. The molecule has 2 aromatic carbocycles. The lowest BCUT2D eigenvalue weighted by Gasteiger charge is -2.20. The number of rotatable bonds is 2. The number of fused-ring (bicyclic) bond motifs is 3. The van der Waals surface area contributed by atoms with Crippen LogP contribution < -0.4 is 4.74 Å². The highest BCUT2D eigenvalue weighted by Crippen LogP contribution is 2.39. The number of aliphatic imine (C=N–C) groups is 2. The first-order chi connectivity index (χ1) is 12.5. The van der Waals surface area contributed by atoms with Gasteiger partial charge in [0.25, 0.3) is 0 Å². The number of hydrogen-bond acceptors (Lipinski definition) is 5. The van der Waals surface area contributed by atoms with E-state index in [4.69, 9.17) is 16.3 Å². The summed E-state index contributed by atoms with van der Waals surface area (Å²) in [5.41, 5.74) is 3.67. The molecule has 6 heteroatoms. The molecule has 2 aromatic rings. The summed E-state index contributed by atoms with van der Waals surface area (Å²) in [6.07, 6.45) is 0. The molecule has 1 aliphatic heterocycles. The maximum atomic E-state index is 13.3. The van der Waals surface area contributed by atoms with Crippen LogP contribution in [0.2, 0.25) is 5.02 Å². The van der Waals surface area contributed by atoms with E-state index in [1.165, 1.54) is 0 Å². The lowest BCUT2D eigenvalue weighted by atomic mass is 9.84. The molecule has 130 valence electrons. The van der Waals surface area contributed by atoms with Crippen molar-refractivity contribution in [3.8, 4) is 5.75 Å². The third-order valence-corrected chi connectivity index (χ3v) is 4.71. The SMILES string of the molecule is COc1ccc(Cl)c(C2=C3N=C(N(C)C)N=C3c3ccccc3C2=O)c1. The Hall–Kier alpha value is -2.92. The third kappa shape index (κ3) is 2.44. The Kier molecular flexibility index (Phi) is 3.89. The van der Waals surface area contributed by atoms with E-state index in [0.717, 1.165) is 5.56 Å². The smallest absolute Gasteiger partial charge is 0.226 e. The maximum absolute atomic E-state index is 13.3. The quantitative estimate of drug-likeness (QED) is 0.815. The Morgan fingerprint density at radius 1 is 1.00 bits per heavy atom. The molecule has 2 aliphatic rings. The van der Waals surface area contributed by atoms with Crippen molar-refractivity contribution in [2.24, 2.45) is 9.98 Å². The molecule has 0 bridgehead atoms. The largest absolute Gasteiger partial charge is 0.497 e. The van der Waals surface area contributed by atoms with Crippen LogP contribution in [-0.4, -0.2) is 43.6 Å². The number of methoxy groups -OCH3 is 1. The highest BCUT2D eigenvalue weighted by atomic mass is 35.5. The summed E-state index contributed by atoms with van der Waals surface area (Å²) in [5.74, 6) is 1.06. The minimum atomic E-state index is -0.117. The van der Waals surface area contributed by atoms with Gasteiger partial charge in [0.1, 0.15) is 17.2 Å². The molecule has 4 rings (SSSR count). The van der Waals surface area contributed by atoms with Gasteiger partial charge in [0, 0.05) is 35.8 Å². The molecule has 0 saturated heterocycles. The van der Waals surface area contributed by atoms with Crippen LogP contribution in [0, 0.1) is 0 Å². The molecule has 0 fully saturated rings. The summed E-state index contributed by atoms with van der Waals surface area (Å²) in [6, 6.07) is 12.7. The van der Waals surface area contributed by atoms with Crippen molar-refractivity contribution in [2.45, 2.75) is 0 Å². The van der Waals surface area contributed by atoms with Crippen LogP contribution in [0.5, 0.6) is 5.75 Å². The number of Topliss-reactive ketones (excluding diaryl/α,β-unsaturated/α-hetero) is 1. The van der Waals surface area contributed by atoms with E-state index in [0.29, 0.717) is 44.8 Å². The zero-order chi connectivity index (χ0) is 18.4. The summed E-state index contributed by atoms with van der Waals surface area (Å²) in [6.45, 7) is 0. The van der Waals surface area contributed by atoms with Crippen molar-refractivity contribution >= 4 is 34.6 Å². The normalized spacial score (nSPS) is 15.3. The topological polar surface area (TPSA) is 54.3 Å². The molecule has 0 N–H and O–H groups in total. The second-order valence-corrected chi connectivity index (χ2v) is 6.62. The Morgan fingerprint density at radius 2 is 1.73 bits per heavy atom. The van der Waals surface area contributed by atoms with Gasteiger partial charge in [-0.15, -0.1) is 0 Å². The summed E-state index contributed by atoms with van der Waals surface area (Å²) in [7, 11) is 5.31. The zero-order valence-corrected chi connectivity index (χ0v) is 15.3. The molecule has 5 nitrogen and oxygen atoms in total. The van der Waals surface area contributed by atoms with Crippen LogP contribution in [0.25, 0.3) is 5.57 Å². The van der Waals surface area contributed by atoms with Crippen LogP contribution in [-0.2, 0) is 0 Å². The van der Waals surface area contributed by atoms with E-state index in [1.807, 2.05) is 37.2 Å². The van der Waals surface area contributed by atoms with Crippen LogP contribution in [0.4, 0.5) is 0 Å². The van der Waals surface area contributed by atoms with E-state index in [-0.39, 0.29) is 5.78 Å². The van der Waals surface area contributed by atoms with Gasteiger partial charge in [-0.2, -0.15) is 0 Å². The molecule has 0 spiro atoms. The number of ether oxygens (including phenoxy) is 1. The van der Waals surface area contributed by atoms with Gasteiger partial charge in [0.05, 0.1) is 12.7 Å². The van der Waals surface area contributed by atoms with Crippen molar-refractivity contribution in [1.82, 2.24) is 4.90 Å². The van der Waals surface area contributed by atoms with Crippen molar-refractivity contribution in [2.75, 3.05) is 21.2 Å². The molecule has 26 heavy (non-hydrogen) atoms. The van der Waals surface area contributed by atoms with Gasteiger partial charge in [-0.1, -0.05) is 35.9 Å². The molecule has 0 atom stereocenters. The fourth-order valence-electron chi connectivity index (χ4n) is 3.10. The van der Waals surface area contributed by atoms with Gasteiger partial charge in [-0.3, -0.25) is 4.79 Å². The summed E-state index contributed by atoms with van der Waals surface area (Å²) in [4.78, 5) is 24.4. The fraction of sp³-hybridized carbons (Fsp3) is 0.150. The predicted octanol–water partition coefficient (Wildman–Crippen LogP) is 3.68. The number of carbonyl (C=O) groups excluding carboxylic acids is 1. The Labute approximate surface area is 156 Å². The van der Waals surface area contributed by atoms with Crippen LogP contribution >= 0.6 is 11.6 Å². The number of hydrogen-bond donors (Lipinski definition) is 0. The summed E-state index contributed by atoms with van der Waals surface area (Å²) < 4.78 is 5.31. The average molecular weight is 366 g/mol. The fourth-order valence-corrected chi connectivity index (χ4v) is 3.31. The number of ketones is 1. The van der Waals surface area contributed by atoms with Gasteiger partial charge in [0.2, 0.25) is 5.96 Å². The first-order valence-corrected chi connectivity index (χ1v) is 8.46. The molecular formula is C20H16ClN3O2. The third-order valence-electron chi connectivity index (χ3n) is 4.38. The molecule has 0 unspecified atom stereocenters. The van der Waals surface area contributed by atoms with E-state index >= 15 is 0 Å². The van der Waals surface area contributed by atoms with Crippen LogP contribution in [0.15, 0.2) is 58.1 Å². The number of halogens is 1. The van der Waals surface area contributed by atoms with Crippen LogP contribution in [0.3, 0.4) is 0 Å². The monoisotopic (exact) mass is 365 g/mol. The Morgan fingerprint density at radius 3 is 2.42 bits per heavy atom. The summed E-state index contributed by atoms with van der Waals surface area (Å²) in [5, 5.41) is 0.467. The average Bonchev–Trinajstić information content (AvgIpc) is 3.09. The Balaban J connectivity index is 2.03. The molecule has 1 aliphatic carbocycles. The molecule has 0 radical (unpaired) electrons. The maximum Gasteiger partial charge on any atom is 0.226 e. The number of benzene rings is 2. The van der Waals surface area contributed by atoms with E-state index in [9.17, 15) is 4.79 Å². The lowest BCUT2D eigenvalue weighted by molar-refractivity contribution is 0.105. The second-order valence-electron chi connectivity index (χ2n) is 6.21. The number of nitrogens with zero attached hydrogens (tertiary/aromatic N) is 3. The minimum Gasteiger partial charge on any atom is -0.497 e. The summed E-state index contributed by atoms with van der Waals surface area (Å²) >= 11 is 6.43. The van der Waals surface area contributed by atoms with Crippen molar-refractivity contribution in [3.63, 3.8) is 0 Å². The zero-order valence-electron chi connectivity index (χ0n) is 14.6. The van der Waals surface area contributed by atoms with Gasteiger partial charge in [-0.05, 0) is 18.2 Å². The van der Waals surface area contributed by atoms with E-state index in [2.05, 4.69) is 9.98 Å². The van der Waals surface area contributed by atoms with E-state index in [1.54, 1.807) is 31.4 Å². The predicted molar refractivity (Wildman–Crippen MR) is 103 cm³/mol. The van der Waals surface area contributed by atoms with Crippen molar-refractivity contribution in [3.05, 3.63) is 69.9 Å². The molecule has 0 aromatic heterocycles. The Bertz CT molecular complexity index is 1040.